The average Bonchev–Trinajstić information content (AvgIpc) is 2.16. The van der Waals surface area contributed by atoms with Gasteiger partial charge >= 0.3 is 0 Å². The molecule has 0 heteroatoms. The molecule has 0 aromatic heterocycles. The zero-order valence-electron chi connectivity index (χ0n) is 11.1. The summed E-state index contributed by atoms with van der Waals surface area (Å²) in [6.45, 7) is 14.2. The average molecular weight is 198 g/mol. The zero-order valence-corrected chi connectivity index (χ0v) is 11.1. The van der Waals surface area contributed by atoms with Gasteiger partial charge in [-0.25, -0.2) is 0 Å². The fourth-order valence-corrected chi connectivity index (χ4v) is 2.26. The molecule has 0 aromatic rings. The van der Waals surface area contributed by atoms with Crippen molar-refractivity contribution < 1.29 is 0 Å². The summed E-state index contributed by atoms with van der Waals surface area (Å²) in [6, 6.07) is 0. The Hall–Kier alpha value is 0. The Bertz CT molecular complexity index is 126. The second-order valence-corrected chi connectivity index (χ2v) is 5.38. The molecule has 0 N–H and O–H groups in total. The van der Waals surface area contributed by atoms with E-state index >= 15 is 0 Å². The van der Waals surface area contributed by atoms with E-state index in [-0.39, 0.29) is 0 Å². The van der Waals surface area contributed by atoms with Gasteiger partial charge in [0, 0.05) is 0 Å². The summed E-state index contributed by atoms with van der Waals surface area (Å²) < 4.78 is 0. The van der Waals surface area contributed by atoms with Crippen molar-refractivity contribution in [2.24, 2.45) is 23.7 Å². The smallest absolute Gasteiger partial charge is 0.0365 e. The Morgan fingerprint density at radius 2 is 1.36 bits per heavy atom. The van der Waals surface area contributed by atoms with Gasteiger partial charge in [-0.15, -0.1) is 0 Å². The van der Waals surface area contributed by atoms with Crippen molar-refractivity contribution in [1.82, 2.24) is 0 Å². The highest BCUT2D eigenvalue weighted by molar-refractivity contribution is 4.70. The summed E-state index contributed by atoms with van der Waals surface area (Å²) in [7, 11) is 0. The molecular formula is C14H30. The summed E-state index contributed by atoms with van der Waals surface area (Å²) in [5, 5.41) is 0. The normalized spacial score (nSPS) is 18.2. The first-order chi connectivity index (χ1) is 6.52. The van der Waals surface area contributed by atoms with Gasteiger partial charge in [-0.2, -0.15) is 0 Å². The highest BCUT2D eigenvalue weighted by atomic mass is 14.2. The molecule has 0 rings (SSSR count). The lowest BCUT2D eigenvalue weighted by Gasteiger charge is -2.27. The van der Waals surface area contributed by atoms with E-state index in [0.717, 1.165) is 23.7 Å². The molecule has 0 fully saturated rings. The molecular weight excluding hydrogens is 168 g/mol. The van der Waals surface area contributed by atoms with E-state index in [1.54, 1.807) is 0 Å². The first-order valence-corrected chi connectivity index (χ1v) is 6.52. The van der Waals surface area contributed by atoms with Crippen LogP contribution in [-0.4, -0.2) is 0 Å². The first kappa shape index (κ1) is 14.0. The molecule has 0 saturated carbocycles. The lowest BCUT2D eigenvalue weighted by atomic mass is 9.78. The Kier molecular flexibility index (Phi) is 7.31. The molecule has 0 saturated heterocycles. The Balaban J connectivity index is 3.97. The molecule has 0 amide bonds. The van der Waals surface area contributed by atoms with Crippen molar-refractivity contribution in [3.8, 4) is 0 Å². The number of rotatable bonds is 7. The highest BCUT2D eigenvalue weighted by Gasteiger charge is 2.19. The van der Waals surface area contributed by atoms with Gasteiger partial charge in [0.1, 0.15) is 0 Å². The van der Waals surface area contributed by atoms with Crippen LogP contribution in [0.5, 0.6) is 0 Å². The minimum atomic E-state index is 0.856. The predicted octanol–water partition coefficient (Wildman–Crippen LogP) is 5.13. The van der Waals surface area contributed by atoms with Crippen molar-refractivity contribution in [2.75, 3.05) is 0 Å². The summed E-state index contributed by atoms with van der Waals surface area (Å²) in [5.74, 6) is 3.61. The van der Waals surface area contributed by atoms with E-state index in [2.05, 4.69) is 41.5 Å². The molecule has 3 unspecified atom stereocenters. The van der Waals surface area contributed by atoms with Gasteiger partial charge in [-0.3, -0.25) is 0 Å². The summed E-state index contributed by atoms with van der Waals surface area (Å²) in [5.41, 5.74) is 0. The highest BCUT2D eigenvalue weighted by Crippen LogP contribution is 2.29. The third-order valence-electron chi connectivity index (χ3n) is 3.92. The monoisotopic (exact) mass is 198 g/mol. The molecule has 0 heterocycles. The SMILES string of the molecule is CCC(C)CCC(C(C)C)C(C)CC. The largest absolute Gasteiger partial charge is 0.0651 e. The third kappa shape index (κ3) is 5.02. The van der Waals surface area contributed by atoms with Gasteiger partial charge < -0.3 is 0 Å². The fraction of sp³-hybridized carbons (Fsp3) is 1.00. The predicted molar refractivity (Wildman–Crippen MR) is 66.5 cm³/mol. The van der Waals surface area contributed by atoms with Crippen LogP contribution >= 0.6 is 0 Å². The van der Waals surface area contributed by atoms with Crippen LogP contribution in [0.2, 0.25) is 0 Å². The summed E-state index contributed by atoms with van der Waals surface area (Å²) in [6.07, 6.45) is 5.53. The van der Waals surface area contributed by atoms with Crippen LogP contribution in [0.3, 0.4) is 0 Å². The molecule has 3 atom stereocenters. The number of hydrogen-bond donors (Lipinski definition) is 0. The molecule has 0 aliphatic carbocycles. The van der Waals surface area contributed by atoms with Gasteiger partial charge in [0.25, 0.3) is 0 Å². The Labute approximate surface area is 91.5 Å². The van der Waals surface area contributed by atoms with Crippen LogP contribution < -0.4 is 0 Å². The van der Waals surface area contributed by atoms with Gasteiger partial charge in [-0.05, 0) is 30.1 Å². The van der Waals surface area contributed by atoms with Crippen LogP contribution in [0.25, 0.3) is 0 Å². The van der Waals surface area contributed by atoms with Crippen molar-refractivity contribution in [1.29, 1.82) is 0 Å². The van der Waals surface area contributed by atoms with Gasteiger partial charge in [0.05, 0.1) is 0 Å². The molecule has 0 bridgehead atoms. The van der Waals surface area contributed by atoms with Crippen molar-refractivity contribution >= 4 is 0 Å². The van der Waals surface area contributed by atoms with Crippen LogP contribution in [0.1, 0.15) is 67.2 Å². The maximum Gasteiger partial charge on any atom is -0.0365 e. The van der Waals surface area contributed by atoms with Crippen LogP contribution in [-0.2, 0) is 0 Å². The molecule has 0 spiro atoms. The fourth-order valence-electron chi connectivity index (χ4n) is 2.26. The maximum atomic E-state index is 2.42. The minimum absolute atomic E-state index is 0.856. The van der Waals surface area contributed by atoms with E-state index in [1.165, 1.54) is 25.7 Å². The van der Waals surface area contributed by atoms with Gasteiger partial charge in [-0.1, -0.05) is 60.8 Å². The van der Waals surface area contributed by atoms with Crippen molar-refractivity contribution in [3.05, 3.63) is 0 Å². The summed E-state index contributed by atoms with van der Waals surface area (Å²) >= 11 is 0. The van der Waals surface area contributed by atoms with E-state index in [9.17, 15) is 0 Å². The second kappa shape index (κ2) is 7.31. The Morgan fingerprint density at radius 3 is 1.71 bits per heavy atom. The van der Waals surface area contributed by atoms with Gasteiger partial charge in [0.15, 0.2) is 0 Å². The van der Waals surface area contributed by atoms with Crippen molar-refractivity contribution in [2.45, 2.75) is 67.2 Å². The van der Waals surface area contributed by atoms with Crippen LogP contribution in [0.15, 0.2) is 0 Å². The van der Waals surface area contributed by atoms with E-state index in [1.807, 2.05) is 0 Å². The maximum absolute atomic E-state index is 2.42. The number of hydrogen-bond acceptors (Lipinski definition) is 0. The molecule has 0 nitrogen and oxygen atoms in total. The van der Waals surface area contributed by atoms with Crippen molar-refractivity contribution in [3.63, 3.8) is 0 Å². The lowest BCUT2D eigenvalue weighted by molar-refractivity contribution is 0.230. The molecule has 0 aromatic carbocycles. The molecule has 0 aliphatic rings. The molecule has 0 radical (unpaired) electrons. The lowest BCUT2D eigenvalue weighted by Crippen LogP contribution is -2.18. The Morgan fingerprint density at radius 1 is 0.786 bits per heavy atom. The molecule has 86 valence electrons. The molecule has 0 aliphatic heterocycles. The van der Waals surface area contributed by atoms with Crippen LogP contribution in [0.4, 0.5) is 0 Å². The van der Waals surface area contributed by atoms with E-state index in [4.69, 9.17) is 0 Å². The standard InChI is InChI=1S/C14H30/c1-7-12(5)9-10-14(11(3)4)13(6)8-2/h11-14H,7-10H2,1-6H3. The van der Waals surface area contributed by atoms with E-state index < -0.39 is 0 Å². The topological polar surface area (TPSA) is 0 Å². The van der Waals surface area contributed by atoms with Crippen LogP contribution in [0, 0.1) is 23.7 Å². The zero-order chi connectivity index (χ0) is 11.1. The van der Waals surface area contributed by atoms with E-state index in [0.29, 0.717) is 0 Å². The quantitative estimate of drug-likeness (QED) is 0.532. The van der Waals surface area contributed by atoms with Gasteiger partial charge in [0.2, 0.25) is 0 Å². The second-order valence-electron chi connectivity index (χ2n) is 5.38. The first-order valence-electron chi connectivity index (χ1n) is 6.52. The minimum Gasteiger partial charge on any atom is -0.0651 e. The molecule has 14 heavy (non-hydrogen) atoms. The summed E-state index contributed by atoms with van der Waals surface area (Å²) in [4.78, 5) is 0. The third-order valence-corrected chi connectivity index (χ3v) is 3.92.